The van der Waals surface area contributed by atoms with Crippen molar-refractivity contribution >= 4 is 17.4 Å². The lowest BCUT2D eigenvalue weighted by atomic mass is 9.93. The number of ketones is 1. The molecule has 1 saturated heterocycles. The van der Waals surface area contributed by atoms with Gasteiger partial charge >= 0.3 is 0 Å². The Hall–Kier alpha value is -2.92. The Labute approximate surface area is 165 Å². The number of ether oxygens (including phenoxy) is 1. The van der Waals surface area contributed by atoms with Gasteiger partial charge in [0.15, 0.2) is 0 Å². The second-order valence-corrected chi connectivity index (χ2v) is 7.17. The smallest absolute Gasteiger partial charge is 0.295 e. The van der Waals surface area contributed by atoms with E-state index in [4.69, 9.17) is 4.74 Å². The van der Waals surface area contributed by atoms with E-state index in [1.54, 1.807) is 31.4 Å². The summed E-state index contributed by atoms with van der Waals surface area (Å²) in [6, 6.07) is 16.0. The molecular weight excluding hydrogens is 354 g/mol. The third-order valence-corrected chi connectivity index (χ3v) is 5.04. The normalized spacial score (nSPS) is 18.9. The van der Waals surface area contributed by atoms with Crippen molar-refractivity contribution < 1.29 is 19.4 Å². The molecule has 0 radical (unpaired) electrons. The monoisotopic (exact) mass is 379 g/mol. The summed E-state index contributed by atoms with van der Waals surface area (Å²) in [7, 11) is 1.55. The van der Waals surface area contributed by atoms with Crippen molar-refractivity contribution in [3.05, 3.63) is 76.9 Å². The molecule has 1 atom stereocenters. The SMILES string of the molecule is COCCN1C(=O)C(=O)/C(=C(/O)c2ccccc2)C1c1ccc(C(C)C)cc1. The van der Waals surface area contributed by atoms with Crippen LogP contribution in [-0.4, -0.2) is 42.0 Å². The van der Waals surface area contributed by atoms with Crippen LogP contribution < -0.4 is 0 Å². The van der Waals surface area contributed by atoms with E-state index in [-0.39, 0.29) is 17.9 Å². The quantitative estimate of drug-likeness (QED) is 0.470. The highest BCUT2D eigenvalue weighted by molar-refractivity contribution is 6.46. The number of hydrogen-bond donors (Lipinski definition) is 1. The van der Waals surface area contributed by atoms with Crippen molar-refractivity contribution in [3.63, 3.8) is 0 Å². The minimum Gasteiger partial charge on any atom is -0.507 e. The van der Waals surface area contributed by atoms with Gasteiger partial charge in [0, 0.05) is 19.2 Å². The Morgan fingerprint density at radius 2 is 1.71 bits per heavy atom. The molecule has 1 aliphatic rings. The van der Waals surface area contributed by atoms with Gasteiger partial charge in [-0.05, 0) is 17.0 Å². The highest BCUT2D eigenvalue weighted by Crippen LogP contribution is 2.39. The van der Waals surface area contributed by atoms with Gasteiger partial charge in [0.05, 0.1) is 18.2 Å². The first-order valence-corrected chi connectivity index (χ1v) is 9.38. The fourth-order valence-corrected chi connectivity index (χ4v) is 3.46. The van der Waals surface area contributed by atoms with E-state index >= 15 is 0 Å². The Kier molecular flexibility index (Phi) is 5.95. The Morgan fingerprint density at radius 1 is 1.07 bits per heavy atom. The van der Waals surface area contributed by atoms with E-state index in [2.05, 4.69) is 13.8 Å². The molecular formula is C23H25NO4. The van der Waals surface area contributed by atoms with Gasteiger partial charge in [-0.3, -0.25) is 9.59 Å². The van der Waals surface area contributed by atoms with Crippen LogP contribution in [0.2, 0.25) is 0 Å². The average Bonchev–Trinajstić information content (AvgIpc) is 2.97. The van der Waals surface area contributed by atoms with E-state index in [0.29, 0.717) is 18.1 Å². The molecule has 5 heteroatoms. The van der Waals surface area contributed by atoms with Gasteiger partial charge in [0.2, 0.25) is 0 Å². The van der Waals surface area contributed by atoms with Crippen molar-refractivity contribution in [2.24, 2.45) is 0 Å². The largest absolute Gasteiger partial charge is 0.507 e. The summed E-state index contributed by atoms with van der Waals surface area (Å²) in [5, 5.41) is 10.9. The second kappa shape index (κ2) is 8.40. The van der Waals surface area contributed by atoms with Gasteiger partial charge in [-0.15, -0.1) is 0 Å². The average molecular weight is 379 g/mol. The molecule has 3 rings (SSSR count). The zero-order chi connectivity index (χ0) is 20.3. The van der Waals surface area contributed by atoms with Crippen LogP contribution >= 0.6 is 0 Å². The van der Waals surface area contributed by atoms with Crippen LogP contribution in [0.3, 0.4) is 0 Å². The van der Waals surface area contributed by atoms with Gasteiger partial charge in [-0.25, -0.2) is 0 Å². The van der Waals surface area contributed by atoms with Gasteiger partial charge in [-0.1, -0.05) is 68.4 Å². The molecule has 2 aromatic carbocycles. The predicted molar refractivity (Wildman–Crippen MR) is 108 cm³/mol. The number of amides is 1. The Balaban J connectivity index is 2.12. The lowest BCUT2D eigenvalue weighted by molar-refractivity contribution is -0.140. The van der Waals surface area contributed by atoms with E-state index in [1.165, 1.54) is 10.5 Å². The molecule has 1 unspecified atom stereocenters. The van der Waals surface area contributed by atoms with Crippen molar-refractivity contribution in [2.45, 2.75) is 25.8 Å². The number of carbonyl (C=O) groups is 2. The molecule has 0 aromatic heterocycles. The molecule has 0 saturated carbocycles. The highest BCUT2D eigenvalue weighted by atomic mass is 16.5. The summed E-state index contributed by atoms with van der Waals surface area (Å²) in [6.45, 7) is 4.78. The zero-order valence-corrected chi connectivity index (χ0v) is 16.4. The third kappa shape index (κ3) is 3.71. The summed E-state index contributed by atoms with van der Waals surface area (Å²) in [5.74, 6) is -1.07. The van der Waals surface area contributed by atoms with Gasteiger partial charge in [0.25, 0.3) is 11.7 Å². The number of likely N-dealkylation sites (tertiary alicyclic amines) is 1. The second-order valence-electron chi connectivity index (χ2n) is 7.17. The first-order valence-electron chi connectivity index (χ1n) is 9.38. The molecule has 0 spiro atoms. The number of Topliss-reactive ketones (excluding diaryl/α,β-unsaturated/α-hetero) is 1. The first kappa shape index (κ1) is 19.8. The zero-order valence-electron chi connectivity index (χ0n) is 16.4. The molecule has 1 fully saturated rings. The minimum absolute atomic E-state index is 0.115. The molecule has 2 aromatic rings. The summed E-state index contributed by atoms with van der Waals surface area (Å²) in [5.41, 5.74) is 2.58. The van der Waals surface area contributed by atoms with Gasteiger partial charge in [0.1, 0.15) is 5.76 Å². The van der Waals surface area contributed by atoms with Crippen molar-refractivity contribution in [1.82, 2.24) is 4.90 Å². The molecule has 1 N–H and O–H groups in total. The number of benzene rings is 2. The Morgan fingerprint density at radius 3 is 2.29 bits per heavy atom. The van der Waals surface area contributed by atoms with Gasteiger partial charge in [-0.2, -0.15) is 0 Å². The van der Waals surface area contributed by atoms with E-state index in [9.17, 15) is 14.7 Å². The summed E-state index contributed by atoms with van der Waals surface area (Å²) >= 11 is 0. The van der Waals surface area contributed by atoms with Crippen LogP contribution in [0.25, 0.3) is 5.76 Å². The van der Waals surface area contributed by atoms with Gasteiger partial charge < -0.3 is 14.7 Å². The fraction of sp³-hybridized carbons (Fsp3) is 0.304. The maximum Gasteiger partial charge on any atom is 0.295 e. The van der Waals surface area contributed by atoms with E-state index in [0.717, 1.165) is 5.56 Å². The van der Waals surface area contributed by atoms with E-state index in [1.807, 2.05) is 30.3 Å². The number of carbonyl (C=O) groups excluding carboxylic acids is 2. The summed E-state index contributed by atoms with van der Waals surface area (Å²) in [6.07, 6.45) is 0. The van der Waals surface area contributed by atoms with Crippen molar-refractivity contribution in [3.8, 4) is 0 Å². The van der Waals surface area contributed by atoms with Crippen LogP contribution in [0, 0.1) is 0 Å². The first-order chi connectivity index (χ1) is 13.5. The lowest BCUT2D eigenvalue weighted by Crippen LogP contribution is -2.32. The molecule has 0 bridgehead atoms. The van der Waals surface area contributed by atoms with Crippen LogP contribution in [0.1, 0.15) is 42.5 Å². The molecule has 0 aliphatic carbocycles. The maximum atomic E-state index is 12.8. The van der Waals surface area contributed by atoms with E-state index < -0.39 is 17.7 Å². The molecule has 28 heavy (non-hydrogen) atoms. The molecule has 1 heterocycles. The highest BCUT2D eigenvalue weighted by Gasteiger charge is 2.45. The summed E-state index contributed by atoms with van der Waals surface area (Å²) < 4.78 is 5.12. The predicted octanol–water partition coefficient (Wildman–Crippen LogP) is 3.88. The van der Waals surface area contributed by atoms with Crippen LogP contribution in [0.4, 0.5) is 0 Å². The van der Waals surface area contributed by atoms with Crippen LogP contribution in [0.5, 0.6) is 0 Å². The number of aliphatic hydroxyl groups is 1. The van der Waals surface area contributed by atoms with Crippen molar-refractivity contribution in [2.75, 3.05) is 20.3 Å². The molecule has 5 nitrogen and oxygen atoms in total. The number of hydrogen-bond acceptors (Lipinski definition) is 4. The van der Waals surface area contributed by atoms with Crippen LogP contribution in [0.15, 0.2) is 60.2 Å². The maximum absolute atomic E-state index is 12.8. The fourth-order valence-electron chi connectivity index (χ4n) is 3.46. The number of aliphatic hydroxyl groups excluding tert-OH is 1. The molecule has 1 aliphatic heterocycles. The summed E-state index contributed by atoms with van der Waals surface area (Å²) in [4.78, 5) is 27.0. The Bertz CT molecular complexity index is 885. The lowest BCUT2D eigenvalue weighted by Gasteiger charge is -2.25. The number of nitrogens with zero attached hydrogens (tertiary/aromatic N) is 1. The molecule has 146 valence electrons. The third-order valence-electron chi connectivity index (χ3n) is 5.04. The topological polar surface area (TPSA) is 66.8 Å². The minimum atomic E-state index is -0.671. The van der Waals surface area contributed by atoms with Crippen molar-refractivity contribution in [1.29, 1.82) is 0 Å². The van der Waals surface area contributed by atoms with Crippen LogP contribution in [-0.2, 0) is 14.3 Å². The number of methoxy groups -OCH3 is 1. The standard InChI is InChI=1S/C23H25NO4/c1-15(2)16-9-11-17(12-10-16)20-19(21(25)18-7-5-4-6-8-18)22(26)23(27)24(20)13-14-28-3/h4-12,15,20,25H,13-14H2,1-3H3/b21-19+. The number of rotatable bonds is 6. The molecule has 1 amide bonds.